The maximum atomic E-state index is 6.47. The Balaban J connectivity index is 2.57. The van der Waals surface area contributed by atoms with Crippen LogP contribution in [-0.2, 0) is 0 Å². The molecule has 6 heteroatoms. The van der Waals surface area contributed by atoms with E-state index in [1.54, 1.807) is 0 Å². The minimum Gasteiger partial charge on any atom is -0.486 e. The van der Waals surface area contributed by atoms with Crippen LogP contribution in [0.1, 0.15) is 0 Å². The molecule has 0 spiro atoms. The van der Waals surface area contributed by atoms with E-state index < -0.39 is 0 Å². The van der Waals surface area contributed by atoms with Gasteiger partial charge in [0.2, 0.25) is 0 Å². The quantitative estimate of drug-likeness (QED) is 0.295. The molecule has 0 saturated carbocycles. The number of nitrogens with two attached hydrogens (primary N) is 1. The molecule has 0 aromatic heterocycles. The number of hydrogen-bond acceptors (Lipinski definition) is 4. The fraction of sp³-hybridized carbons (Fsp3) is 0.222. The SMILES string of the molecule is CNc1cccc(OCC(N)=NN=N)c1. The average molecular weight is 207 g/mol. The second-order valence-corrected chi connectivity index (χ2v) is 2.76. The number of amidine groups is 1. The van der Waals surface area contributed by atoms with Gasteiger partial charge in [0, 0.05) is 18.8 Å². The van der Waals surface area contributed by atoms with Crippen molar-refractivity contribution in [1.82, 2.24) is 0 Å². The molecule has 80 valence electrons. The molecule has 1 rings (SSSR count). The highest BCUT2D eigenvalue weighted by atomic mass is 16.5. The standard InChI is InChI=1S/C9H13N5O/c1-12-7-3-2-4-8(5-7)15-6-9(10)13-14-11/h2-5,12H,6H2,1H3,(H3,10,11,13). The van der Waals surface area contributed by atoms with E-state index in [1.807, 2.05) is 31.3 Å². The molecule has 0 amide bonds. The highest BCUT2D eigenvalue weighted by Gasteiger charge is 1.97. The lowest BCUT2D eigenvalue weighted by molar-refractivity contribution is 0.375. The first-order valence-electron chi connectivity index (χ1n) is 4.35. The van der Waals surface area contributed by atoms with E-state index in [-0.39, 0.29) is 12.4 Å². The molecular formula is C9H13N5O. The predicted octanol–water partition coefficient (Wildman–Crippen LogP) is 1.41. The van der Waals surface area contributed by atoms with E-state index in [9.17, 15) is 0 Å². The molecule has 0 saturated heterocycles. The molecule has 0 heterocycles. The maximum absolute atomic E-state index is 6.47. The van der Waals surface area contributed by atoms with E-state index in [4.69, 9.17) is 16.0 Å². The number of rotatable bonds is 5. The van der Waals surface area contributed by atoms with Gasteiger partial charge >= 0.3 is 0 Å². The third-order valence-electron chi connectivity index (χ3n) is 1.69. The summed E-state index contributed by atoms with van der Waals surface area (Å²) in [7, 11) is 1.83. The van der Waals surface area contributed by atoms with Gasteiger partial charge in [0.05, 0.1) is 0 Å². The molecule has 0 atom stereocenters. The van der Waals surface area contributed by atoms with Gasteiger partial charge in [-0.05, 0) is 12.1 Å². The molecule has 0 aliphatic rings. The topological polar surface area (TPSA) is 95.8 Å². The maximum Gasteiger partial charge on any atom is 0.162 e. The van der Waals surface area contributed by atoms with E-state index in [1.165, 1.54) is 0 Å². The van der Waals surface area contributed by atoms with Crippen molar-refractivity contribution in [3.8, 4) is 5.75 Å². The molecular weight excluding hydrogens is 194 g/mol. The smallest absolute Gasteiger partial charge is 0.162 e. The molecule has 0 aliphatic heterocycles. The fourth-order valence-corrected chi connectivity index (χ4v) is 0.992. The Kier molecular flexibility index (Phi) is 4.08. The van der Waals surface area contributed by atoms with Gasteiger partial charge in [-0.1, -0.05) is 11.3 Å². The molecule has 0 unspecified atom stereocenters. The Morgan fingerprint density at radius 1 is 1.60 bits per heavy atom. The van der Waals surface area contributed by atoms with Crippen molar-refractivity contribution in [2.45, 2.75) is 0 Å². The lowest BCUT2D eigenvalue weighted by Gasteiger charge is -2.06. The van der Waals surface area contributed by atoms with Crippen LogP contribution in [0.25, 0.3) is 0 Å². The van der Waals surface area contributed by atoms with Crippen LogP contribution in [0.2, 0.25) is 0 Å². The molecule has 0 fully saturated rings. The summed E-state index contributed by atoms with van der Waals surface area (Å²) in [6, 6.07) is 7.43. The number of nitrogens with zero attached hydrogens (tertiary/aromatic N) is 2. The van der Waals surface area contributed by atoms with Gasteiger partial charge in [0.15, 0.2) is 5.84 Å². The normalized spacial score (nSPS) is 10.9. The first kappa shape index (κ1) is 11.0. The summed E-state index contributed by atoms with van der Waals surface area (Å²) in [6.07, 6.45) is 0. The summed E-state index contributed by atoms with van der Waals surface area (Å²) in [5, 5.41) is 9.12. The zero-order chi connectivity index (χ0) is 11.1. The summed E-state index contributed by atoms with van der Waals surface area (Å²) in [4.78, 5) is 0. The van der Waals surface area contributed by atoms with Crippen molar-refractivity contribution < 1.29 is 4.74 Å². The van der Waals surface area contributed by atoms with Crippen molar-refractivity contribution in [2.75, 3.05) is 19.0 Å². The predicted molar refractivity (Wildman–Crippen MR) is 58.3 cm³/mol. The third-order valence-corrected chi connectivity index (χ3v) is 1.69. The summed E-state index contributed by atoms with van der Waals surface area (Å²) in [6.45, 7) is 0.121. The number of ether oxygens (including phenoxy) is 1. The van der Waals surface area contributed by atoms with Crippen LogP contribution in [0.15, 0.2) is 34.6 Å². The first-order valence-corrected chi connectivity index (χ1v) is 4.35. The Hall–Kier alpha value is -2.11. The number of hydrogen-bond donors (Lipinski definition) is 3. The van der Waals surface area contributed by atoms with Crippen LogP contribution < -0.4 is 15.8 Å². The van der Waals surface area contributed by atoms with E-state index in [2.05, 4.69) is 15.6 Å². The van der Waals surface area contributed by atoms with Crippen LogP contribution in [0.5, 0.6) is 5.75 Å². The summed E-state index contributed by atoms with van der Waals surface area (Å²) >= 11 is 0. The molecule has 0 aliphatic carbocycles. The van der Waals surface area contributed by atoms with Crippen molar-refractivity contribution >= 4 is 11.5 Å². The third kappa shape index (κ3) is 3.63. The van der Waals surface area contributed by atoms with Gasteiger partial charge in [-0.15, -0.1) is 5.10 Å². The van der Waals surface area contributed by atoms with Gasteiger partial charge < -0.3 is 15.8 Å². The van der Waals surface area contributed by atoms with Gasteiger partial charge in [-0.3, -0.25) is 0 Å². The van der Waals surface area contributed by atoms with Crippen molar-refractivity contribution in [3.63, 3.8) is 0 Å². The van der Waals surface area contributed by atoms with E-state index in [0.717, 1.165) is 5.69 Å². The summed E-state index contributed by atoms with van der Waals surface area (Å²) < 4.78 is 5.32. The summed E-state index contributed by atoms with van der Waals surface area (Å²) in [5.74, 6) is 0.852. The molecule has 4 N–H and O–H groups in total. The highest BCUT2D eigenvalue weighted by Crippen LogP contribution is 2.16. The number of anilines is 1. The molecule has 6 nitrogen and oxygen atoms in total. The number of benzene rings is 1. The van der Waals surface area contributed by atoms with Crippen LogP contribution in [-0.4, -0.2) is 19.5 Å². The zero-order valence-electron chi connectivity index (χ0n) is 8.40. The van der Waals surface area contributed by atoms with Crippen LogP contribution in [0, 0.1) is 5.53 Å². The Bertz CT molecular complexity index is 363. The average Bonchev–Trinajstić information content (AvgIpc) is 2.27. The second kappa shape index (κ2) is 5.58. The van der Waals surface area contributed by atoms with Crippen LogP contribution in [0.4, 0.5) is 5.69 Å². The molecule has 15 heavy (non-hydrogen) atoms. The Morgan fingerprint density at radius 3 is 3.07 bits per heavy atom. The van der Waals surface area contributed by atoms with Gasteiger partial charge in [-0.25, -0.2) is 0 Å². The second-order valence-electron chi connectivity index (χ2n) is 2.76. The molecule has 0 bridgehead atoms. The van der Waals surface area contributed by atoms with Gasteiger partial charge in [0.25, 0.3) is 0 Å². The van der Waals surface area contributed by atoms with Crippen molar-refractivity contribution in [1.29, 1.82) is 5.53 Å². The van der Waals surface area contributed by atoms with E-state index in [0.29, 0.717) is 5.75 Å². The summed E-state index contributed by atoms with van der Waals surface area (Å²) in [5.41, 5.74) is 12.8. The Morgan fingerprint density at radius 2 is 2.40 bits per heavy atom. The van der Waals surface area contributed by atoms with Gasteiger partial charge in [0.1, 0.15) is 12.4 Å². The van der Waals surface area contributed by atoms with Crippen molar-refractivity contribution in [3.05, 3.63) is 24.3 Å². The highest BCUT2D eigenvalue weighted by molar-refractivity contribution is 5.81. The molecule has 1 aromatic carbocycles. The van der Waals surface area contributed by atoms with Crippen LogP contribution >= 0.6 is 0 Å². The van der Waals surface area contributed by atoms with Crippen molar-refractivity contribution in [2.24, 2.45) is 16.1 Å². The monoisotopic (exact) mass is 207 g/mol. The zero-order valence-corrected chi connectivity index (χ0v) is 8.40. The fourth-order valence-electron chi connectivity index (χ4n) is 0.992. The lowest BCUT2D eigenvalue weighted by atomic mass is 10.3. The minimum atomic E-state index is 0.121. The first-order chi connectivity index (χ1) is 7.26. The Labute approximate surface area is 87.6 Å². The molecule has 0 radical (unpaired) electrons. The lowest BCUT2D eigenvalue weighted by Crippen LogP contribution is -2.20. The minimum absolute atomic E-state index is 0.121. The van der Waals surface area contributed by atoms with E-state index >= 15 is 0 Å². The molecule has 1 aromatic rings. The largest absolute Gasteiger partial charge is 0.486 e. The van der Waals surface area contributed by atoms with Gasteiger partial charge in [-0.2, -0.15) is 5.53 Å². The van der Waals surface area contributed by atoms with Crippen LogP contribution in [0.3, 0.4) is 0 Å². The number of nitrogens with one attached hydrogen (secondary N) is 2.